The first kappa shape index (κ1) is 23.5. The predicted octanol–water partition coefficient (Wildman–Crippen LogP) is 1.61. The summed E-state index contributed by atoms with van der Waals surface area (Å²) in [6, 6.07) is 0. The van der Waals surface area contributed by atoms with Crippen LogP contribution in [0, 0.1) is 0 Å². The quantitative estimate of drug-likeness (QED) is 0.517. The molecule has 1 aliphatic heterocycles. The lowest BCUT2D eigenvalue weighted by molar-refractivity contribution is -0.173. The molecule has 1 aromatic rings. The van der Waals surface area contributed by atoms with Crippen molar-refractivity contribution in [2.24, 2.45) is 0 Å². The second kappa shape index (κ2) is 8.26. The molecule has 0 radical (unpaired) electrons. The van der Waals surface area contributed by atoms with Crippen LogP contribution >= 0.6 is 0 Å². The van der Waals surface area contributed by atoms with Crippen LogP contribution in [0.4, 0.5) is 24.9 Å². The van der Waals surface area contributed by atoms with Crippen LogP contribution in [0.3, 0.4) is 0 Å². The van der Waals surface area contributed by atoms with E-state index in [1.165, 1.54) is 7.05 Å². The summed E-state index contributed by atoms with van der Waals surface area (Å²) >= 11 is 0. The number of aromatic nitrogens is 2. The van der Waals surface area contributed by atoms with Crippen molar-refractivity contribution in [2.75, 3.05) is 63.3 Å². The zero-order chi connectivity index (χ0) is 23.2. The van der Waals surface area contributed by atoms with Gasteiger partial charge in [0.1, 0.15) is 11.4 Å². The molecule has 2 bridgehead atoms. The van der Waals surface area contributed by atoms with Crippen LogP contribution in [-0.2, 0) is 20.9 Å². The van der Waals surface area contributed by atoms with Gasteiger partial charge in [0.15, 0.2) is 0 Å². The normalized spacial score (nSPS) is 28.2. The van der Waals surface area contributed by atoms with E-state index in [0.717, 1.165) is 62.3 Å². The minimum atomic E-state index is -4.60. The van der Waals surface area contributed by atoms with Gasteiger partial charge >= 0.3 is 6.18 Å². The number of sulfonamides is 1. The first-order valence-electron chi connectivity index (χ1n) is 10.6. The van der Waals surface area contributed by atoms with E-state index >= 15 is 0 Å². The van der Waals surface area contributed by atoms with Crippen LogP contribution in [0.25, 0.3) is 0 Å². The third-order valence-electron chi connectivity index (χ3n) is 6.66. The highest BCUT2D eigenvalue weighted by Gasteiger charge is 2.70. The first-order chi connectivity index (χ1) is 14.9. The van der Waals surface area contributed by atoms with Crippen molar-refractivity contribution in [1.82, 2.24) is 19.2 Å². The molecule has 32 heavy (non-hydrogen) atoms. The fourth-order valence-electron chi connectivity index (χ4n) is 4.94. The molecule has 1 aromatic heterocycles. The molecule has 4 aliphatic rings. The topological polar surface area (TPSA) is 99.7 Å². The van der Waals surface area contributed by atoms with Gasteiger partial charge in [0.05, 0.1) is 19.5 Å². The monoisotopic (exact) mass is 478 g/mol. The lowest BCUT2D eigenvalue weighted by atomic mass is 9.43. The summed E-state index contributed by atoms with van der Waals surface area (Å²) in [4.78, 5) is 10.5. The number of alkyl halides is 3. The third kappa shape index (κ3) is 4.66. The molecule has 1 saturated heterocycles. The van der Waals surface area contributed by atoms with Crippen molar-refractivity contribution in [3.8, 4) is 0 Å². The molecule has 0 unspecified atom stereocenters. The molecule has 3 saturated carbocycles. The Balaban J connectivity index is 1.37. The zero-order valence-electron chi connectivity index (χ0n) is 18.2. The van der Waals surface area contributed by atoms with E-state index in [1.807, 2.05) is 0 Å². The lowest BCUT2D eigenvalue weighted by Crippen LogP contribution is -2.82. The lowest BCUT2D eigenvalue weighted by Gasteiger charge is -2.74. The molecule has 5 rings (SSSR count). The number of hydrogen-bond acceptors (Lipinski definition) is 8. The van der Waals surface area contributed by atoms with Gasteiger partial charge in [-0.3, -0.25) is 4.90 Å². The zero-order valence-corrected chi connectivity index (χ0v) is 19.0. The maximum Gasteiger partial charge on any atom is 0.421 e. The van der Waals surface area contributed by atoms with E-state index in [-0.39, 0.29) is 35.9 Å². The molecule has 3 aliphatic carbocycles. The van der Waals surface area contributed by atoms with Gasteiger partial charge in [0, 0.05) is 50.5 Å². The van der Waals surface area contributed by atoms with Crippen LogP contribution in [0.2, 0.25) is 0 Å². The van der Waals surface area contributed by atoms with Gasteiger partial charge in [-0.25, -0.2) is 17.7 Å². The van der Waals surface area contributed by atoms with E-state index in [2.05, 4.69) is 25.5 Å². The summed E-state index contributed by atoms with van der Waals surface area (Å²) in [6.45, 7) is 3.63. The number of hydrogen-bond donors (Lipinski definition) is 2. The number of nitrogens with one attached hydrogen (secondary N) is 2. The number of anilines is 2. The number of ether oxygens (including phenoxy) is 1. The Morgan fingerprint density at radius 2 is 1.91 bits per heavy atom. The Kier molecular flexibility index (Phi) is 6.06. The highest BCUT2D eigenvalue weighted by Crippen LogP contribution is 2.64. The molecular weight excluding hydrogens is 449 g/mol. The summed E-state index contributed by atoms with van der Waals surface area (Å²) < 4.78 is 69.7. The largest absolute Gasteiger partial charge is 0.421 e. The Labute approximate surface area is 185 Å². The molecule has 0 atom stereocenters. The van der Waals surface area contributed by atoms with Crippen LogP contribution in [0.1, 0.15) is 31.2 Å². The average molecular weight is 479 g/mol. The molecule has 2 heterocycles. The predicted molar refractivity (Wildman–Crippen MR) is 113 cm³/mol. The van der Waals surface area contributed by atoms with E-state index in [4.69, 9.17) is 4.74 Å². The smallest absolute Gasteiger partial charge is 0.379 e. The summed E-state index contributed by atoms with van der Waals surface area (Å²) in [5, 5.41) is 5.96. The minimum absolute atomic E-state index is 0.144. The maximum absolute atomic E-state index is 13.4. The summed E-state index contributed by atoms with van der Waals surface area (Å²) in [7, 11) is -1.90. The number of nitrogens with zero attached hydrogens (tertiary/aromatic N) is 4. The van der Waals surface area contributed by atoms with Gasteiger partial charge in [-0.15, -0.1) is 0 Å². The van der Waals surface area contributed by atoms with Crippen molar-refractivity contribution >= 4 is 21.8 Å². The Hall–Kier alpha value is -1.70. The van der Waals surface area contributed by atoms with Crippen LogP contribution in [-0.4, -0.2) is 91.4 Å². The van der Waals surface area contributed by atoms with Gasteiger partial charge in [-0.1, -0.05) is 0 Å². The highest BCUT2D eigenvalue weighted by molar-refractivity contribution is 7.88. The van der Waals surface area contributed by atoms with Crippen LogP contribution in [0.15, 0.2) is 6.20 Å². The van der Waals surface area contributed by atoms with Crippen molar-refractivity contribution < 1.29 is 26.3 Å². The summed E-state index contributed by atoms with van der Waals surface area (Å²) in [5.74, 6) is -0.129. The molecule has 0 spiro atoms. The van der Waals surface area contributed by atoms with Crippen LogP contribution in [0.5, 0.6) is 0 Å². The minimum Gasteiger partial charge on any atom is -0.379 e. The maximum atomic E-state index is 13.4. The molecule has 4 fully saturated rings. The number of halogens is 3. The average Bonchev–Trinajstić information content (AvgIpc) is 2.66. The van der Waals surface area contributed by atoms with E-state index in [1.54, 1.807) is 0 Å². The summed E-state index contributed by atoms with van der Waals surface area (Å²) in [5.41, 5.74) is -0.926. The molecule has 0 aromatic carbocycles. The molecule has 13 heteroatoms. The molecule has 180 valence electrons. The Morgan fingerprint density at radius 3 is 2.50 bits per heavy atom. The second-order valence-corrected chi connectivity index (χ2v) is 11.2. The van der Waals surface area contributed by atoms with E-state index < -0.39 is 21.8 Å². The Morgan fingerprint density at radius 1 is 1.25 bits per heavy atom. The first-order valence-corrected chi connectivity index (χ1v) is 12.5. The van der Waals surface area contributed by atoms with Gasteiger partial charge in [0.2, 0.25) is 16.0 Å². The SMILES string of the molecule is CN(CCCNc1nc(NC23CC(N4CCOCC4)(C2)C3)ncc1C(F)(F)F)S(C)(=O)=O. The number of rotatable bonds is 9. The van der Waals surface area contributed by atoms with Crippen molar-refractivity contribution in [2.45, 2.75) is 42.9 Å². The second-order valence-electron chi connectivity index (χ2n) is 9.08. The van der Waals surface area contributed by atoms with Crippen molar-refractivity contribution in [3.63, 3.8) is 0 Å². The molecule has 2 N–H and O–H groups in total. The van der Waals surface area contributed by atoms with Crippen molar-refractivity contribution in [3.05, 3.63) is 11.8 Å². The third-order valence-corrected chi connectivity index (χ3v) is 7.98. The van der Waals surface area contributed by atoms with Gasteiger partial charge in [0.25, 0.3) is 0 Å². The fourth-order valence-corrected chi connectivity index (χ4v) is 5.40. The van der Waals surface area contributed by atoms with E-state index in [0.29, 0.717) is 6.42 Å². The van der Waals surface area contributed by atoms with Gasteiger partial charge in [-0.2, -0.15) is 18.2 Å². The van der Waals surface area contributed by atoms with E-state index in [9.17, 15) is 21.6 Å². The van der Waals surface area contributed by atoms with Gasteiger partial charge < -0.3 is 15.4 Å². The standard InChI is InChI=1S/C19H29F3N6O3S/c1-27(32(2,29)30)5-3-4-23-15-14(19(20,21)22)10-24-16(25-15)26-17-11-18(12-17,13-17)28-6-8-31-9-7-28/h10H,3-9,11-13H2,1-2H3,(H2,23,24,25,26). The van der Waals surface area contributed by atoms with Crippen molar-refractivity contribution in [1.29, 1.82) is 0 Å². The highest BCUT2D eigenvalue weighted by atomic mass is 32.2. The van der Waals surface area contributed by atoms with Gasteiger partial charge in [-0.05, 0) is 25.7 Å². The molecule has 9 nitrogen and oxygen atoms in total. The molecule has 0 amide bonds. The summed E-state index contributed by atoms with van der Waals surface area (Å²) in [6.07, 6.45) is 0.379. The molecular formula is C19H29F3N6O3S. The van der Waals surface area contributed by atoms with Crippen LogP contribution < -0.4 is 10.6 Å². The fraction of sp³-hybridized carbons (Fsp3) is 0.789. The Bertz CT molecular complexity index is 932. The number of morpholine rings is 1.